The predicted molar refractivity (Wildman–Crippen MR) is 87.3 cm³/mol. The van der Waals surface area contributed by atoms with Gasteiger partial charge in [-0.25, -0.2) is 8.42 Å². The third-order valence-corrected chi connectivity index (χ3v) is 8.12. The van der Waals surface area contributed by atoms with Gasteiger partial charge in [-0.15, -0.1) is 0 Å². The highest BCUT2D eigenvalue weighted by atomic mass is 79.9. The van der Waals surface area contributed by atoms with Crippen molar-refractivity contribution in [2.75, 3.05) is 18.1 Å². The highest BCUT2D eigenvalue weighted by Gasteiger charge is 2.32. The van der Waals surface area contributed by atoms with Crippen LogP contribution in [0, 0.1) is 6.92 Å². The van der Waals surface area contributed by atoms with Crippen LogP contribution in [0.4, 0.5) is 0 Å². The van der Waals surface area contributed by atoms with Gasteiger partial charge in [-0.2, -0.15) is 16.1 Å². The molecule has 1 aliphatic rings. The van der Waals surface area contributed by atoms with Gasteiger partial charge < -0.3 is 0 Å². The van der Waals surface area contributed by atoms with Crippen LogP contribution in [0.1, 0.15) is 12.5 Å². The van der Waals surface area contributed by atoms with Crippen molar-refractivity contribution in [1.29, 1.82) is 0 Å². The Bertz CT molecular complexity index is 590. The molecule has 1 aromatic rings. The van der Waals surface area contributed by atoms with E-state index < -0.39 is 10.0 Å². The van der Waals surface area contributed by atoms with E-state index in [0.717, 1.165) is 21.5 Å². The van der Waals surface area contributed by atoms with Gasteiger partial charge in [0.05, 0.1) is 4.90 Å². The Morgan fingerprint density at radius 3 is 2.63 bits per heavy atom. The Balaban J connectivity index is 2.47. The van der Waals surface area contributed by atoms with Crippen molar-refractivity contribution in [3.63, 3.8) is 0 Å². The summed E-state index contributed by atoms with van der Waals surface area (Å²) in [5.41, 5.74) is 1.01. The largest absolute Gasteiger partial charge is 0.244 e. The lowest BCUT2D eigenvalue weighted by atomic mass is 10.2. The molecule has 7 heteroatoms. The molecule has 0 aromatic heterocycles. The van der Waals surface area contributed by atoms with E-state index in [1.807, 2.05) is 19.9 Å². The molecule has 1 unspecified atom stereocenters. The van der Waals surface area contributed by atoms with Gasteiger partial charge in [0.25, 0.3) is 0 Å². The lowest BCUT2D eigenvalue weighted by Gasteiger charge is -2.32. The molecular formula is C12H15Br2NO2S2. The van der Waals surface area contributed by atoms with E-state index in [1.54, 1.807) is 22.1 Å². The van der Waals surface area contributed by atoms with Crippen molar-refractivity contribution >= 4 is 53.6 Å². The van der Waals surface area contributed by atoms with E-state index in [1.165, 1.54) is 0 Å². The first-order valence-electron chi connectivity index (χ1n) is 5.89. The van der Waals surface area contributed by atoms with Crippen LogP contribution in [0.2, 0.25) is 0 Å². The molecule has 1 fully saturated rings. The molecule has 0 amide bonds. The fourth-order valence-corrected chi connectivity index (χ4v) is 6.52. The smallest absolute Gasteiger partial charge is 0.207 e. The van der Waals surface area contributed by atoms with Crippen molar-refractivity contribution in [3.05, 3.63) is 26.6 Å². The number of benzene rings is 1. The number of sulfonamides is 1. The maximum Gasteiger partial charge on any atom is 0.244 e. The molecule has 0 aliphatic carbocycles. The lowest BCUT2D eigenvalue weighted by Crippen LogP contribution is -2.44. The maximum absolute atomic E-state index is 12.7. The monoisotopic (exact) mass is 427 g/mol. The third kappa shape index (κ3) is 3.20. The summed E-state index contributed by atoms with van der Waals surface area (Å²) < 4.78 is 28.5. The Morgan fingerprint density at radius 1 is 1.32 bits per heavy atom. The minimum Gasteiger partial charge on any atom is -0.207 e. The number of hydrogen-bond donors (Lipinski definition) is 0. The van der Waals surface area contributed by atoms with E-state index in [0.29, 0.717) is 15.9 Å². The van der Waals surface area contributed by atoms with Crippen LogP contribution in [-0.2, 0) is 10.0 Å². The summed E-state index contributed by atoms with van der Waals surface area (Å²) in [6, 6.07) is 3.56. The summed E-state index contributed by atoms with van der Waals surface area (Å²) in [6.45, 7) is 4.47. The van der Waals surface area contributed by atoms with E-state index in [9.17, 15) is 8.42 Å². The Morgan fingerprint density at radius 2 is 2.00 bits per heavy atom. The first-order valence-corrected chi connectivity index (χ1v) is 10.1. The molecule has 0 spiro atoms. The van der Waals surface area contributed by atoms with E-state index in [2.05, 4.69) is 31.9 Å². The average molecular weight is 429 g/mol. The molecule has 1 atom stereocenters. The van der Waals surface area contributed by atoms with Crippen molar-refractivity contribution in [2.24, 2.45) is 0 Å². The van der Waals surface area contributed by atoms with Gasteiger partial charge in [0, 0.05) is 33.0 Å². The minimum absolute atomic E-state index is 0.0377. The Labute approximate surface area is 135 Å². The van der Waals surface area contributed by atoms with Crippen LogP contribution in [0.15, 0.2) is 26.0 Å². The van der Waals surface area contributed by atoms with Gasteiger partial charge in [-0.05, 0) is 47.5 Å². The van der Waals surface area contributed by atoms with Crippen LogP contribution in [0.3, 0.4) is 0 Å². The maximum atomic E-state index is 12.7. The molecule has 1 aromatic carbocycles. The zero-order valence-electron chi connectivity index (χ0n) is 10.7. The quantitative estimate of drug-likeness (QED) is 0.721. The van der Waals surface area contributed by atoms with Crippen LogP contribution in [-0.4, -0.2) is 36.8 Å². The normalized spacial score (nSPS) is 21.6. The lowest BCUT2D eigenvalue weighted by molar-refractivity contribution is 0.367. The second kappa shape index (κ2) is 6.05. The summed E-state index contributed by atoms with van der Waals surface area (Å²) in [4.78, 5) is 0.337. The van der Waals surface area contributed by atoms with E-state index >= 15 is 0 Å². The number of hydrogen-bond acceptors (Lipinski definition) is 3. The van der Waals surface area contributed by atoms with E-state index in [-0.39, 0.29) is 6.04 Å². The average Bonchev–Trinajstić information content (AvgIpc) is 2.34. The summed E-state index contributed by atoms with van der Waals surface area (Å²) in [7, 11) is -3.44. The number of nitrogens with zero attached hydrogens (tertiary/aromatic N) is 1. The molecule has 1 heterocycles. The molecule has 19 heavy (non-hydrogen) atoms. The summed E-state index contributed by atoms with van der Waals surface area (Å²) in [5, 5.41) is 0. The molecule has 0 saturated carbocycles. The first-order chi connectivity index (χ1) is 8.84. The van der Waals surface area contributed by atoms with Crippen LogP contribution < -0.4 is 0 Å². The SMILES string of the molecule is Cc1cc(Br)c(S(=O)(=O)N2CCSCC2C)cc1Br. The Hall–Kier alpha value is 0.440. The third-order valence-electron chi connectivity index (χ3n) is 3.11. The van der Waals surface area contributed by atoms with Gasteiger partial charge in [0.15, 0.2) is 0 Å². The second-order valence-electron chi connectivity index (χ2n) is 4.57. The first kappa shape index (κ1) is 15.8. The van der Waals surface area contributed by atoms with Crippen LogP contribution in [0.5, 0.6) is 0 Å². The van der Waals surface area contributed by atoms with Gasteiger partial charge in [0.2, 0.25) is 10.0 Å². The Kier molecular flexibility index (Phi) is 5.04. The molecule has 3 nitrogen and oxygen atoms in total. The van der Waals surface area contributed by atoms with Crippen molar-refractivity contribution in [3.8, 4) is 0 Å². The van der Waals surface area contributed by atoms with Crippen LogP contribution in [0.25, 0.3) is 0 Å². The standard InChI is InChI=1S/C12H15Br2NO2S2/c1-8-5-11(14)12(6-10(8)13)19(16,17)15-3-4-18-7-9(15)2/h5-6,9H,3-4,7H2,1-2H3. The summed E-state index contributed by atoms with van der Waals surface area (Å²) in [6.07, 6.45) is 0. The fraction of sp³-hybridized carbons (Fsp3) is 0.500. The molecule has 0 bridgehead atoms. The van der Waals surface area contributed by atoms with Gasteiger partial charge in [-0.3, -0.25) is 0 Å². The minimum atomic E-state index is -3.44. The molecule has 2 rings (SSSR count). The molecule has 106 valence electrons. The molecule has 0 N–H and O–H groups in total. The van der Waals surface area contributed by atoms with Gasteiger partial charge in [0.1, 0.15) is 0 Å². The number of rotatable bonds is 2. The second-order valence-corrected chi connectivity index (χ2v) is 9.29. The molecule has 1 saturated heterocycles. The molecule has 1 aliphatic heterocycles. The molecular weight excluding hydrogens is 414 g/mol. The van der Waals surface area contributed by atoms with Crippen molar-refractivity contribution in [2.45, 2.75) is 24.8 Å². The number of aryl methyl sites for hydroxylation is 1. The topological polar surface area (TPSA) is 37.4 Å². The fourth-order valence-electron chi connectivity index (χ4n) is 2.02. The van der Waals surface area contributed by atoms with Crippen molar-refractivity contribution in [1.82, 2.24) is 4.31 Å². The highest BCUT2D eigenvalue weighted by Crippen LogP contribution is 2.32. The van der Waals surface area contributed by atoms with Crippen LogP contribution >= 0.6 is 43.6 Å². The predicted octanol–water partition coefficient (Wildman–Crippen LogP) is 3.65. The van der Waals surface area contributed by atoms with Gasteiger partial charge in [-0.1, -0.05) is 15.9 Å². The summed E-state index contributed by atoms with van der Waals surface area (Å²) >= 11 is 8.58. The van der Waals surface area contributed by atoms with Crippen molar-refractivity contribution < 1.29 is 8.42 Å². The zero-order valence-corrected chi connectivity index (χ0v) is 15.5. The molecule has 0 radical (unpaired) electrons. The van der Waals surface area contributed by atoms with E-state index in [4.69, 9.17) is 0 Å². The number of thioether (sulfide) groups is 1. The highest BCUT2D eigenvalue weighted by molar-refractivity contribution is 9.11. The number of halogens is 2. The zero-order chi connectivity index (χ0) is 14.2. The summed E-state index contributed by atoms with van der Waals surface area (Å²) in [5.74, 6) is 1.71. The van der Waals surface area contributed by atoms with Gasteiger partial charge >= 0.3 is 0 Å².